The molecule has 7 nitrogen and oxygen atoms in total. The molecule has 0 radical (unpaired) electrons. The summed E-state index contributed by atoms with van der Waals surface area (Å²) in [5.74, 6) is -0.209. The van der Waals surface area contributed by atoms with Crippen LogP contribution in [0.25, 0.3) is 0 Å². The molecular weight excluding hydrogens is 254 g/mol. The third-order valence-corrected chi connectivity index (χ3v) is 3.30. The van der Waals surface area contributed by atoms with E-state index in [4.69, 9.17) is 4.74 Å². The van der Waals surface area contributed by atoms with Crippen molar-refractivity contribution in [1.82, 2.24) is 20.6 Å². The highest BCUT2D eigenvalue weighted by Crippen LogP contribution is 2.14. The Kier molecular flexibility index (Phi) is 4.85. The highest BCUT2D eigenvalue weighted by atomic mass is 32.1. The lowest BCUT2D eigenvalue weighted by atomic mass is 10.5. The van der Waals surface area contributed by atoms with E-state index < -0.39 is 0 Å². The Labute approximate surface area is 109 Å². The van der Waals surface area contributed by atoms with Gasteiger partial charge in [-0.15, -0.1) is 10.2 Å². The number of morpholine rings is 1. The molecule has 100 valence electrons. The molecule has 1 aromatic rings. The Morgan fingerprint density at radius 1 is 1.44 bits per heavy atom. The van der Waals surface area contributed by atoms with E-state index in [1.807, 2.05) is 5.01 Å². The van der Waals surface area contributed by atoms with Gasteiger partial charge in [0.1, 0.15) is 0 Å². The standard InChI is InChI=1S/C10H17N5O2S/c1-2-3-11-10-13-12-9(18-10)8(16)14-15-4-6-17-7-5-15/h2-7H2,1H3,(H,11,13)(H,14,16). The van der Waals surface area contributed by atoms with Crippen molar-refractivity contribution in [3.05, 3.63) is 5.01 Å². The highest BCUT2D eigenvalue weighted by molar-refractivity contribution is 7.17. The number of amides is 1. The topological polar surface area (TPSA) is 79.4 Å². The van der Waals surface area contributed by atoms with Crippen LogP contribution in [0.4, 0.5) is 5.13 Å². The summed E-state index contributed by atoms with van der Waals surface area (Å²) in [6.07, 6.45) is 1.01. The van der Waals surface area contributed by atoms with Crippen molar-refractivity contribution in [1.29, 1.82) is 0 Å². The summed E-state index contributed by atoms with van der Waals surface area (Å²) < 4.78 is 5.21. The molecule has 1 aromatic heterocycles. The van der Waals surface area contributed by atoms with Crippen LogP contribution in [0.15, 0.2) is 0 Å². The minimum atomic E-state index is -0.209. The number of nitrogens with zero attached hydrogens (tertiary/aromatic N) is 3. The molecule has 2 N–H and O–H groups in total. The van der Waals surface area contributed by atoms with Crippen LogP contribution in [-0.2, 0) is 4.74 Å². The second-order valence-corrected chi connectivity index (χ2v) is 4.86. The molecule has 8 heteroatoms. The Balaban J connectivity index is 1.85. The van der Waals surface area contributed by atoms with Gasteiger partial charge in [-0.2, -0.15) is 0 Å². The van der Waals surface area contributed by atoms with E-state index in [2.05, 4.69) is 27.9 Å². The highest BCUT2D eigenvalue weighted by Gasteiger charge is 2.17. The number of carbonyl (C=O) groups excluding carboxylic acids is 1. The minimum Gasteiger partial charge on any atom is -0.379 e. The maximum absolute atomic E-state index is 11.9. The van der Waals surface area contributed by atoms with Gasteiger partial charge < -0.3 is 10.1 Å². The normalized spacial score (nSPS) is 16.5. The molecule has 0 atom stereocenters. The number of nitrogens with one attached hydrogen (secondary N) is 2. The first kappa shape index (κ1) is 13.2. The number of aromatic nitrogens is 2. The molecule has 0 aromatic carbocycles. The van der Waals surface area contributed by atoms with Gasteiger partial charge in [0.05, 0.1) is 13.2 Å². The summed E-state index contributed by atoms with van der Waals surface area (Å²) in [5.41, 5.74) is 2.80. The summed E-state index contributed by atoms with van der Waals surface area (Å²) in [6.45, 7) is 5.58. The number of rotatable bonds is 5. The zero-order valence-corrected chi connectivity index (χ0v) is 11.1. The van der Waals surface area contributed by atoms with Crippen molar-refractivity contribution >= 4 is 22.4 Å². The number of ether oxygens (including phenoxy) is 1. The first-order valence-corrected chi connectivity index (χ1v) is 6.82. The van der Waals surface area contributed by atoms with Crippen molar-refractivity contribution in [2.24, 2.45) is 0 Å². The van der Waals surface area contributed by atoms with Crippen LogP contribution in [0.2, 0.25) is 0 Å². The van der Waals surface area contributed by atoms with Crippen LogP contribution in [0.5, 0.6) is 0 Å². The average Bonchev–Trinajstić information content (AvgIpc) is 2.86. The number of carbonyl (C=O) groups is 1. The Hall–Kier alpha value is -1.25. The third-order valence-electron chi connectivity index (χ3n) is 2.42. The van der Waals surface area contributed by atoms with E-state index in [0.717, 1.165) is 13.0 Å². The maximum Gasteiger partial charge on any atom is 0.296 e. The molecule has 18 heavy (non-hydrogen) atoms. The summed E-state index contributed by atoms with van der Waals surface area (Å²) in [7, 11) is 0. The predicted molar refractivity (Wildman–Crippen MR) is 68.5 cm³/mol. The van der Waals surface area contributed by atoms with Crippen molar-refractivity contribution in [3.63, 3.8) is 0 Å². The van der Waals surface area contributed by atoms with Crippen LogP contribution in [0.1, 0.15) is 23.1 Å². The molecule has 0 unspecified atom stereocenters. The number of hydrogen-bond donors (Lipinski definition) is 2. The fourth-order valence-electron chi connectivity index (χ4n) is 1.48. The minimum absolute atomic E-state index is 0.209. The Morgan fingerprint density at radius 3 is 2.94 bits per heavy atom. The fourth-order valence-corrected chi connectivity index (χ4v) is 2.14. The molecule has 1 amide bonds. The summed E-state index contributed by atoms with van der Waals surface area (Å²) >= 11 is 1.27. The van der Waals surface area contributed by atoms with Crippen molar-refractivity contribution in [2.75, 3.05) is 38.2 Å². The first-order valence-electron chi connectivity index (χ1n) is 6.00. The second kappa shape index (κ2) is 6.62. The maximum atomic E-state index is 11.9. The van der Waals surface area contributed by atoms with E-state index in [9.17, 15) is 4.79 Å². The van der Waals surface area contributed by atoms with Gasteiger partial charge in [0.2, 0.25) is 10.1 Å². The van der Waals surface area contributed by atoms with Crippen molar-refractivity contribution in [3.8, 4) is 0 Å². The molecule has 1 fully saturated rings. The zero-order valence-electron chi connectivity index (χ0n) is 10.3. The Bertz CT molecular complexity index is 391. The quantitative estimate of drug-likeness (QED) is 0.804. The molecule has 2 rings (SSSR count). The van der Waals surface area contributed by atoms with E-state index in [0.29, 0.717) is 36.4 Å². The van der Waals surface area contributed by atoms with Gasteiger partial charge in [0, 0.05) is 19.6 Å². The smallest absolute Gasteiger partial charge is 0.296 e. The SMILES string of the molecule is CCCNc1nnc(C(=O)NN2CCOCC2)s1. The van der Waals surface area contributed by atoms with Gasteiger partial charge in [-0.25, -0.2) is 5.01 Å². The van der Waals surface area contributed by atoms with Gasteiger partial charge in [-0.3, -0.25) is 10.2 Å². The summed E-state index contributed by atoms with van der Waals surface area (Å²) in [5, 5.41) is 13.8. The molecule has 0 spiro atoms. The van der Waals surface area contributed by atoms with Crippen LogP contribution in [0.3, 0.4) is 0 Å². The van der Waals surface area contributed by atoms with Crippen molar-refractivity contribution < 1.29 is 9.53 Å². The third kappa shape index (κ3) is 3.62. The molecule has 1 saturated heterocycles. The van der Waals surface area contributed by atoms with E-state index >= 15 is 0 Å². The monoisotopic (exact) mass is 271 g/mol. The lowest BCUT2D eigenvalue weighted by molar-refractivity contribution is 0.0126. The van der Waals surface area contributed by atoms with Crippen LogP contribution in [0, 0.1) is 0 Å². The average molecular weight is 271 g/mol. The molecule has 2 heterocycles. The molecule has 1 aliphatic rings. The zero-order chi connectivity index (χ0) is 12.8. The lowest BCUT2D eigenvalue weighted by Gasteiger charge is -2.26. The molecule has 0 bridgehead atoms. The van der Waals surface area contributed by atoms with Gasteiger partial charge >= 0.3 is 0 Å². The second-order valence-electron chi connectivity index (χ2n) is 3.88. The molecule has 0 aliphatic carbocycles. The molecule has 1 aliphatic heterocycles. The van der Waals surface area contributed by atoms with Crippen LogP contribution < -0.4 is 10.7 Å². The van der Waals surface area contributed by atoms with Gasteiger partial charge in [0.15, 0.2) is 0 Å². The Morgan fingerprint density at radius 2 is 2.22 bits per heavy atom. The number of anilines is 1. The summed E-state index contributed by atoms with van der Waals surface area (Å²) in [6, 6.07) is 0. The molecule has 0 saturated carbocycles. The molecular formula is C10H17N5O2S. The largest absolute Gasteiger partial charge is 0.379 e. The van der Waals surface area contributed by atoms with E-state index in [1.165, 1.54) is 11.3 Å². The number of hydrazine groups is 1. The first-order chi connectivity index (χ1) is 8.79. The van der Waals surface area contributed by atoms with E-state index in [-0.39, 0.29) is 5.91 Å². The van der Waals surface area contributed by atoms with Gasteiger partial charge in [-0.05, 0) is 6.42 Å². The predicted octanol–water partition coefficient (Wildman–Crippen LogP) is 0.337. The van der Waals surface area contributed by atoms with Crippen LogP contribution >= 0.6 is 11.3 Å². The number of hydrogen-bond acceptors (Lipinski definition) is 7. The lowest BCUT2D eigenvalue weighted by Crippen LogP contribution is -2.48. The van der Waals surface area contributed by atoms with Gasteiger partial charge in [0.25, 0.3) is 5.91 Å². The van der Waals surface area contributed by atoms with E-state index in [1.54, 1.807) is 0 Å². The fraction of sp³-hybridized carbons (Fsp3) is 0.700. The van der Waals surface area contributed by atoms with Crippen LogP contribution in [-0.4, -0.2) is 54.0 Å². The van der Waals surface area contributed by atoms with Gasteiger partial charge in [-0.1, -0.05) is 18.3 Å². The van der Waals surface area contributed by atoms with Crippen molar-refractivity contribution in [2.45, 2.75) is 13.3 Å². The summed E-state index contributed by atoms with van der Waals surface area (Å²) in [4.78, 5) is 11.9.